The molecule has 3 nitrogen and oxygen atoms in total. The van der Waals surface area contributed by atoms with Crippen molar-refractivity contribution in [1.82, 2.24) is 0 Å². The molecule has 2 rings (SSSR count). The molecule has 1 aliphatic rings. The molecule has 0 heterocycles. The van der Waals surface area contributed by atoms with Gasteiger partial charge in [-0.25, -0.2) is 8.42 Å². The van der Waals surface area contributed by atoms with Crippen LogP contribution in [0, 0.1) is 11.8 Å². The Morgan fingerprint density at radius 3 is 2.40 bits per heavy atom. The van der Waals surface area contributed by atoms with Gasteiger partial charge in [0.15, 0.2) is 0 Å². The number of nitrogens with one attached hydrogen (secondary N) is 1. The van der Waals surface area contributed by atoms with Gasteiger partial charge in [0.1, 0.15) is 0 Å². The summed E-state index contributed by atoms with van der Waals surface area (Å²) < 4.78 is 47.3. The smallest absolute Gasteiger partial charge is 0.341 e. The van der Waals surface area contributed by atoms with Crippen LogP contribution in [0.15, 0.2) is 29.2 Å². The Labute approximate surface area is 118 Å². The van der Waals surface area contributed by atoms with Gasteiger partial charge >= 0.3 is 5.76 Å². The highest BCUT2D eigenvalue weighted by molar-refractivity contribution is 7.91. The first-order valence-corrected chi connectivity index (χ1v) is 8.30. The highest BCUT2D eigenvalue weighted by atomic mass is 32.2. The SMILES string of the molecule is CC1CCC(CNc2ccc(S(=O)(=O)C(F)F)cc2)C1. The molecule has 1 aromatic rings. The van der Waals surface area contributed by atoms with Crippen molar-refractivity contribution in [2.75, 3.05) is 11.9 Å². The van der Waals surface area contributed by atoms with Gasteiger partial charge in [-0.15, -0.1) is 0 Å². The Morgan fingerprint density at radius 1 is 1.25 bits per heavy atom. The molecule has 1 N–H and O–H groups in total. The summed E-state index contributed by atoms with van der Waals surface area (Å²) in [6.45, 7) is 3.08. The van der Waals surface area contributed by atoms with Gasteiger partial charge in [-0.2, -0.15) is 8.78 Å². The third-order valence-corrected chi connectivity index (χ3v) is 5.21. The lowest BCUT2D eigenvalue weighted by atomic mass is 10.1. The van der Waals surface area contributed by atoms with Crippen LogP contribution in [0.1, 0.15) is 26.2 Å². The number of hydrogen-bond donors (Lipinski definition) is 1. The maximum Gasteiger partial charge on any atom is 0.341 e. The van der Waals surface area contributed by atoms with Crippen molar-refractivity contribution in [3.05, 3.63) is 24.3 Å². The minimum Gasteiger partial charge on any atom is -0.385 e. The molecule has 1 fully saturated rings. The summed E-state index contributed by atoms with van der Waals surface area (Å²) in [5.74, 6) is -1.98. The van der Waals surface area contributed by atoms with E-state index in [0.717, 1.165) is 18.2 Å². The fraction of sp³-hybridized carbons (Fsp3) is 0.571. The van der Waals surface area contributed by atoms with Crippen LogP contribution in [0.3, 0.4) is 0 Å². The van der Waals surface area contributed by atoms with Crippen LogP contribution in [0.4, 0.5) is 14.5 Å². The molecule has 2 unspecified atom stereocenters. The number of halogens is 2. The fourth-order valence-electron chi connectivity index (χ4n) is 2.64. The van der Waals surface area contributed by atoms with Crippen LogP contribution in [0.5, 0.6) is 0 Å². The van der Waals surface area contributed by atoms with Crippen molar-refractivity contribution >= 4 is 15.5 Å². The molecule has 0 aliphatic heterocycles. The Kier molecular flexibility index (Phi) is 4.62. The molecular weight excluding hydrogens is 284 g/mol. The number of anilines is 1. The second-order valence-electron chi connectivity index (χ2n) is 5.50. The molecular formula is C14H19F2NO2S. The molecule has 0 aromatic heterocycles. The summed E-state index contributed by atoms with van der Waals surface area (Å²) in [6.07, 6.45) is 3.65. The Hall–Kier alpha value is -1.17. The predicted octanol–water partition coefficient (Wildman–Crippen LogP) is 3.53. The number of rotatable bonds is 5. The zero-order valence-corrected chi connectivity index (χ0v) is 12.2. The number of hydrogen-bond acceptors (Lipinski definition) is 3. The third kappa shape index (κ3) is 3.48. The average molecular weight is 303 g/mol. The van der Waals surface area contributed by atoms with Crippen molar-refractivity contribution in [3.63, 3.8) is 0 Å². The molecule has 0 radical (unpaired) electrons. The summed E-state index contributed by atoms with van der Waals surface area (Å²) in [5, 5.41) is 3.23. The highest BCUT2D eigenvalue weighted by Crippen LogP contribution is 2.30. The van der Waals surface area contributed by atoms with Gasteiger partial charge < -0.3 is 5.32 Å². The van der Waals surface area contributed by atoms with Crippen molar-refractivity contribution in [1.29, 1.82) is 0 Å². The minimum absolute atomic E-state index is 0.340. The zero-order valence-electron chi connectivity index (χ0n) is 11.4. The van der Waals surface area contributed by atoms with E-state index in [-0.39, 0.29) is 4.90 Å². The zero-order chi connectivity index (χ0) is 14.8. The third-order valence-electron chi connectivity index (χ3n) is 3.82. The van der Waals surface area contributed by atoms with E-state index in [2.05, 4.69) is 12.2 Å². The molecule has 6 heteroatoms. The van der Waals surface area contributed by atoms with E-state index in [4.69, 9.17) is 0 Å². The summed E-state index contributed by atoms with van der Waals surface area (Å²) >= 11 is 0. The van der Waals surface area contributed by atoms with Crippen LogP contribution in [0.25, 0.3) is 0 Å². The topological polar surface area (TPSA) is 46.2 Å². The maximum atomic E-state index is 12.4. The van der Waals surface area contributed by atoms with E-state index in [9.17, 15) is 17.2 Å². The average Bonchev–Trinajstić information content (AvgIpc) is 2.82. The van der Waals surface area contributed by atoms with Crippen LogP contribution in [-0.2, 0) is 9.84 Å². The lowest BCUT2D eigenvalue weighted by Crippen LogP contribution is -2.13. The van der Waals surface area contributed by atoms with E-state index in [1.54, 1.807) is 0 Å². The first-order chi connectivity index (χ1) is 9.39. The van der Waals surface area contributed by atoms with Gasteiger partial charge in [-0.1, -0.05) is 13.3 Å². The van der Waals surface area contributed by atoms with Gasteiger partial charge in [0.2, 0.25) is 9.84 Å². The van der Waals surface area contributed by atoms with Crippen LogP contribution >= 0.6 is 0 Å². The first kappa shape index (κ1) is 15.2. The Bertz CT molecular complexity index is 543. The van der Waals surface area contributed by atoms with Gasteiger partial charge in [0.05, 0.1) is 4.90 Å². The second-order valence-corrected chi connectivity index (χ2v) is 7.41. The van der Waals surface area contributed by atoms with E-state index in [1.165, 1.54) is 43.5 Å². The lowest BCUT2D eigenvalue weighted by Gasteiger charge is -2.12. The largest absolute Gasteiger partial charge is 0.385 e. The number of benzene rings is 1. The molecule has 112 valence electrons. The second kappa shape index (κ2) is 6.08. The van der Waals surface area contributed by atoms with E-state index < -0.39 is 15.6 Å². The van der Waals surface area contributed by atoms with Gasteiger partial charge in [0.25, 0.3) is 0 Å². The van der Waals surface area contributed by atoms with Crippen LogP contribution in [-0.4, -0.2) is 20.7 Å². The standard InChI is InChI=1S/C14H19F2NO2S/c1-10-2-3-11(8-10)9-17-12-4-6-13(7-5-12)20(18,19)14(15)16/h4-7,10-11,14,17H,2-3,8-9H2,1H3. The normalized spacial score (nSPS) is 23.2. The highest BCUT2D eigenvalue weighted by Gasteiger charge is 2.26. The van der Waals surface area contributed by atoms with Crippen molar-refractivity contribution in [3.8, 4) is 0 Å². The summed E-state index contributed by atoms with van der Waals surface area (Å²) in [7, 11) is -4.49. The monoisotopic (exact) mass is 303 g/mol. The van der Waals surface area contributed by atoms with Crippen molar-refractivity contribution in [2.24, 2.45) is 11.8 Å². The molecule has 20 heavy (non-hydrogen) atoms. The van der Waals surface area contributed by atoms with E-state index >= 15 is 0 Å². The molecule has 2 atom stereocenters. The van der Waals surface area contributed by atoms with Gasteiger partial charge in [-0.05, 0) is 48.9 Å². The van der Waals surface area contributed by atoms with Crippen molar-refractivity contribution < 1.29 is 17.2 Å². The molecule has 0 bridgehead atoms. The van der Waals surface area contributed by atoms with Crippen molar-refractivity contribution in [2.45, 2.75) is 36.8 Å². The Balaban J connectivity index is 1.95. The summed E-state index contributed by atoms with van der Waals surface area (Å²) in [4.78, 5) is -0.340. The van der Waals surface area contributed by atoms with E-state index in [1.807, 2.05) is 0 Å². The number of sulfone groups is 1. The van der Waals surface area contributed by atoms with Crippen LogP contribution in [0.2, 0.25) is 0 Å². The predicted molar refractivity (Wildman–Crippen MR) is 74.6 cm³/mol. The summed E-state index contributed by atoms with van der Waals surface area (Å²) in [6, 6.07) is 5.52. The van der Waals surface area contributed by atoms with E-state index in [0.29, 0.717) is 5.92 Å². The molecule has 0 saturated heterocycles. The number of alkyl halides is 2. The molecule has 1 aromatic carbocycles. The molecule has 0 amide bonds. The molecule has 0 spiro atoms. The Morgan fingerprint density at radius 2 is 1.90 bits per heavy atom. The lowest BCUT2D eigenvalue weighted by molar-refractivity contribution is 0.234. The quantitative estimate of drug-likeness (QED) is 0.905. The van der Waals surface area contributed by atoms with Gasteiger partial charge in [0, 0.05) is 12.2 Å². The molecule has 1 saturated carbocycles. The molecule has 1 aliphatic carbocycles. The fourth-order valence-corrected chi connectivity index (χ4v) is 3.36. The first-order valence-electron chi connectivity index (χ1n) is 6.75. The van der Waals surface area contributed by atoms with Gasteiger partial charge in [-0.3, -0.25) is 0 Å². The summed E-state index contributed by atoms with van der Waals surface area (Å²) in [5.41, 5.74) is 0.762. The van der Waals surface area contributed by atoms with Crippen LogP contribution < -0.4 is 5.32 Å². The maximum absolute atomic E-state index is 12.4. The minimum atomic E-state index is -4.49.